The third-order valence-electron chi connectivity index (χ3n) is 4.53. The van der Waals surface area contributed by atoms with Crippen LogP contribution in [-0.2, 0) is 9.53 Å². The van der Waals surface area contributed by atoms with Gasteiger partial charge in [0.05, 0.1) is 19.6 Å². The molecule has 0 aromatic heterocycles. The van der Waals surface area contributed by atoms with E-state index in [4.69, 9.17) is 4.74 Å². The quantitative estimate of drug-likeness (QED) is 0.806. The number of carbonyl (C=O) groups excluding carboxylic acids is 1. The van der Waals surface area contributed by atoms with Gasteiger partial charge in [-0.3, -0.25) is 9.37 Å². The van der Waals surface area contributed by atoms with Crippen LogP contribution in [0.1, 0.15) is 52.9 Å². The number of amidine groups is 1. The Morgan fingerprint density at radius 3 is 2.68 bits per heavy atom. The number of hydrogen-bond acceptors (Lipinski definition) is 3. The van der Waals surface area contributed by atoms with Crippen molar-refractivity contribution < 1.29 is 14.1 Å². The Hall–Kier alpha value is -1.10. The van der Waals surface area contributed by atoms with Crippen molar-refractivity contribution >= 4 is 11.7 Å². The van der Waals surface area contributed by atoms with Crippen LogP contribution < -0.4 is 5.32 Å². The molecule has 2 heterocycles. The number of ether oxygens (including phenoxy) is 1. The summed E-state index contributed by atoms with van der Waals surface area (Å²) in [5, 5.41) is 3.20. The highest BCUT2D eigenvalue weighted by Gasteiger charge is 2.36. The van der Waals surface area contributed by atoms with Crippen molar-refractivity contribution in [3.63, 3.8) is 0 Å². The number of carbonyl (C=O) groups is 1. The van der Waals surface area contributed by atoms with E-state index in [1.807, 2.05) is 20.8 Å². The Balaban J connectivity index is 2.17. The Morgan fingerprint density at radius 1 is 1.27 bits per heavy atom. The number of nitrogens with one attached hydrogen (secondary N) is 1. The summed E-state index contributed by atoms with van der Waals surface area (Å²) in [6, 6.07) is 0. The van der Waals surface area contributed by atoms with Gasteiger partial charge in [0.2, 0.25) is 11.7 Å². The average Bonchev–Trinajstić information content (AvgIpc) is 2.70. The third-order valence-corrected chi connectivity index (χ3v) is 4.53. The van der Waals surface area contributed by atoms with Crippen LogP contribution in [0.3, 0.4) is 0 Å². The summed E-state index contributed by atoms with van der Waals surface area (Å²) < 4.78 is 7.91. The van der Waals surface area contributed by atoms with Crippen molar-refractivity contribution in [3.8, 4) is 0 Å². The first-order chi connectivity index (χ1) is 10.4. The highest BCUT2D eigenvalue weighted by molar-refractivity contribution is 5.83. The van der Waals surface area contributed by atoms with Crippen LogP contribution in [0.2, 0.25) is 0 Å². The molecule has 0 radical (unpaired) electrons. The van der Waals surface area contributed by atoms with Crippen molar-refractivity contribution in [2.75, 3.05) is 33.4 Å². The Labute approximate surface area is 134 Å². The number of hydrogen-bond donors (Lipinski definition) is 1. The molecule has 2 aliphatic heterocycles. The maximum absolute atomic E-state index is 12.4. The minimum absolute atomic E-state index is 0.0624. The molecule has 0 aromatic carbocycles. The molecule has 2 rings (SSSR count). The zero-order valence-corrected chi connectivity index (χ0v) is 14.7. The number of nitrogens with zero attached hydrogens (tertiary/aromatic N) is 2. The van der Waals surface area contributed by atoms with E-state index in [-0.39, 0.29) is 17.5 Å². The summed E-state index contributed by atoms with van der Waals surface area (Å²) in [5.41, 5.74) is -0.379. The SMILES string of the molecule is COCC(NC(=O)C(C)(C)C)N1CCC[N+]2=C1CCCCC2. The van der Waals surface area contributed by atoms with Gasteiger partial charge in [-0.15, -0.1) is 0 Å². The minimum atomic E-state index is -0.379. The second-order valence-corrected chi connectivity index (χ2v) is 7.46. The van der Waals surface area contributed by atoms with E-state index in [9.17, 15) is 4.79 Å². The fourth-order valence-corrected chi connectivity index (χ4v) is 3.25. The summed E-state index contributed by atoms with van der Waals surface area (Å²) in [6.07, 6.45) is 6.03. The van der Waals surface area contributed by atoms with Gasteiger partial charge < -0.3 is 10.1 Å². The fraction of sp³-hybridized carbons (Fsp3) is 0.882. The molecule has 1 amide bonds. The molecular weight excluding hydrogens is 278 g/mol. The van der Waals surface area contributed by atoms with Gasteiger partial charge in [0.15, 0.2) is 6.17 Å². The molecule has 5 nitrogen and oxygen atoms in total. The summed E-state index contributed by atoms with van der Waals surface area (Å²) in [7, 11) is 1.70. The average molecular weight is 310 g/mol. The highest BCUT2D eigenvalue weighted by atomic mass is 16.5. The van der Waals surface area contributed by atoms with E-state index >= 15 is 0 Å². The molecule has 0 spiro atoms. The summed E-state index contributed by atoms with van der Waals surface area (Å²) in [5.74, 6) is 1.49. The molecule has 0 aliphatic carbocycles. The van der Waals surface area contributed by atoms with E-state index < -0.39 is 0 Å². The Bertz CT molecular complexity index is 426. The minimum Gasteiger partial charge on any atom is -0.378 e. The second-order valence-electron chi connectivity index (χ2n) is 7.46. The maximum Gasteiger partial charge on any atom is 0.248 e. The zero-order valence-electron chi connectivity index (χ0n) is 14.7. The lowest BCUT2D eigenvalue weighted by atomic mass is 9.95. The molecule has 5 heteroatoms. The van der Waals surface area contributed by atoms with Crippen molar-refractivity contribution in [1.29, 1.82) is 0 Å². The number of methoxy groups -OCH3 is 1. The molecule has 2 aliphatic rings. The number of amides is 1. The lowest BCUT2D eigenvalue weighted by Gasteiger charge is -2.33. The van der Waals surface area contributed by atoms with Crippen molar-refractivity contribution in [3.05, 3.63) is 0 Å². The zero-order chi connectivity index (χ0) is 16.2. The second kappa shape index (κ2) is 7.44. The predicted molar refractivity (Wildman–Crippen MR) is 88.1 cm³/mol. The molecule has 0 saturated heterocycles. The Morgan fingerprint density at radius 2 is 2.00 bits per heavy atom. The van der Waals surface area contributed by atoms with Gasteiger partial charge in [0.1, 0.15) is 6.61 Å². The van der Waals surface area contributed by atoms with Gasteiger partial charge in [0, 0.05) is 25.4 Å². The molecule has 126 valence electrons. The lowest BCUT2D eigenvalue weighted by Crippen LogP contribution is -2.58. The Kier molecular flexibility index (Phi) is 5.84. The van der Waals surface area contributed by atoms with Crippen LogP contribution in [-0.4, -0.2) is 60.7 Å². The molecule has 1 N–H and O–H groups in total. The normalized spacial score (nSPS) is 21.2. The standard InChI is InChI=1S/C17H31N3O2/c1-17(2,3)16(21)18-14(13-22-4)20-12-8-11-19-10-7-5-6-9-15(19)20/h14H,5-13H2,1-4H3/p+1. The predicted octanol–water partition coefficient (Wildman–Crippen LogP) is 1.81. The van der Waals surface area contributed by atoms with E-state index in [1.165, 1.54) is 25.1 Å². The lowest BCUT2D eigenvalue weighted by molar-refractivity contribution is -0.539. The van der Waals surface area contributed by atoms with E-state index in [1.54, 1.807) is 7.11 Å². The first-order valence-electron chi connectivity index (χ1n) is 8.61. The molecular formula is C17H32N3O2+. The van der Waals surface area contributed by atoms with Crippen LogP contribution in [0.25, 0.3) is 0 Å². The van der Waals surface area contributed by atoms with Crippen molar-refractivity contribution in [1.82, 2.24) is 10.2 Å². The fourth-order valence-electron chi connectivity index (χ4n) is 3.25. The van der Waals surface area contributed by atoms with Crippen LogP contribution >= 0.6 is 0 Å². The highest BCUT2D eigenvalue weighted by Crippen LogP contribution is 2.18. The van der Waals surface area contributed by atoms with Gasteiger partial charge in [-0.1, -0.05) is 20.8 Å². The van der Waals surface area contributed by atoms with Crippen LogP contribution in [0.5, 0.6) is 0 Å². The molecule has 0 aromatic rings. The van der Waals surface area contributed by atoms with Gasteiger partial charge in [-0.05, 0) is 19.3 Å². The first-order valence-corrected chi connectivity index (χ1v) is 8.61. The van der Waals surface area contributed by atoms with Crippen molar-refractivity contribution in [2.45, 2.75) is 59.0 Å². The first kappa shape index (κ1) is 17.3. The van der Waals surface area contributed by atoms with Crippen LogP contribution in [0.15, 0.2) is 0 Å². The molecule has 0 fully saturated rings. The third kappa shape index (κ3) is 4.22. The molecule has 1 atom stereocenters. The van der Waals surface area contributed by atoms with Gasteiger partial charge >= 0.3 is 0 Å². The van der Waals surface area contributed by atoms with Crippen LogP contribution in [0, 0.1) is 5.41 Å². The molecule has 22 heavy (non-hydrogen) atoms. The maximum atomic E-state index is 12.4. The summed E-state index contributed by atoms with van der Waals surface area (Å²) in [4.78, 5) is 14.8. The molecule has 1 unspecified atom stereocenters. The number of rotatable bonds is 4. The smallest absolute Gasteiger partial charge is 0.248 e. The van der Waals surface area contributed by atoms with E-state index in [2.05, 4.69) is 14.8 Å². The van der Waals surface area contributed by atoms with Crippen molar-refractivity contribution in [2.24, 2.45) is 5.41 Å². The van der Waals surface area contributed by atoms with Crippen LogP contribution in [0.4, 0.5) is 0 Å². The van der Waals surface area contributed by atoms with Gasteiger partial charge in [-0.2, -0.15) is 0 Å². The summed E-state index contributed by atoms with van der Waals surface area (Å²) >= 11 is 0. The molecule has 0 bridgehead atoms. The van der Waals surface area contributed by atoms with E-state index in [0.717, 1.165) is 32.5 Å². The van der Waals surface area contributed by atoms with Gasteiger partial charge in [0.25, 0.3) is 0 Å². The molecule has 0 saturated carbocycles. The largest absolute Gasteiger partial charge is 0.378 e. The van der Waals surface area contributed by atoms with Gasteiger partial charge in [-0.25, -0.2) is 4.90 Å². The summed E-state index contributed by atoms with van der Waals surface area (Å²) in [6.45, 7) is 9.69. The topological polar surface area (TPSA) is 44.6 Å². The van der Waals surface area contributed by atoms with E-state index in [0.29, 0.717) is 6.61 Å². The monoisotopic (exact) mass is 310 g/mol.